The third-order valence-corrected chi connectivity index (χ3v) is 6.78. The van der Waals surface area contributed by atoms with Crippen molar-refractivity contribution < 1.29 is 28.9 Å². The van der Waals surface area contributed by atoms with Crippen molar-refractivity contribution in [3.05, 3.63) is 83.4 Å². The third kappa shape index (κ3) is 5.70. The van der Waals surface area contributed by atoms with E-state index in [9.17, 15) is 14.7 Å². The van der Waals surface area contributed by atoms with Gasteiger partial charge in [0, 0.05) is 19.5 Å². The van der Waals surface area contributed by atoms with Gasteiger partial charge in [-0.2, -0.15) is 0 Å². The summed E-state index contributed by atoms with van der Waals surface area (Å²) in [5.74, 6) is 1.42. The van der Waals surface area contributed by atoms with Crippen molar-refractivity contribution in [2.24, 2.45) is 0 Å². The van der Waals surface area contributed by atoms with E-state index in [0.717, 1.165) is 11.1 Å². The fourth-order valence-corrected chi connectivity index (χ4v) is 4.80. The monoisotopic (exact) mass is 502 g/mol. The number of likely N-dealkylation sites (tertiary alicyclic amines) is 1. The number of fused-ring (bicyclic) bond motifs is 5. The van der Waals surface area contributed by atoms with Crippen LogP contribution in [0.1, 0.15) is 34.3 Å². The van der Waals surface area contributed by atoms with E-state index < -0.39 is 0 Å². The van der Waals surface area contributed by atoms with Gasteiger partial charge < -0.3 is 29.5 Å². The normalized spacial score (nSPS) is 19.9. The van der Waals surface area contributed by atoms with Gasteiger partial charge in [-0.1, -0.05) is 30.3 Å². The molecule has 4 bridgehead atoms. The summed E-state index contributed by atoms with van der Waals surface area (Å²) in [6, 6.07) is 19.5. The zero-order valence-electron chi connectivity index (χ0n) is 20.7. The summed E-state index contributed by atoms with van der Waals surface area (Å²) in [4.78, 5) is 27.8. The minimum Gasteiger partial charge on any atom is -0.507 e. The summed E-state index contributed by atoms with van der Waals surface area (Å²) in [6.07, 6.45) is 1.08. The van der Waals surface area contributed by atoms with E-state index in [-0.39, 0.29) is 41.7 Å². The fourth-order valence-electron chi connectivity index (χ4n) is 4.80. The minimum absolute atomic E-state index is 0.0575. The molecule has 2 aliphatic rings. The zero-order chi connectivity index (χ0) is 25.8. The molecule has 0 aromatic heterocycles. The van der Waals surface area contributed by atoms with Gasteiger partial charge in [-0.25, -0.2) is 0 Å². The third-order valence-electron chi connectivity index (χ3n) is 6.78. The lowest BCUT2D eigenvalue weighted by Crippen LogP contribution is -2.57. The number of rotatable bonds is 2. The number of hydrogen-bond donors (Lipinski definition) is 2. The average molecular weight is 503 g/mol. The molecule has 2 atom stereocenters. The van der Waals surface area contributed by atoms with Crippen LogP contribution in [0.25, 0.3) is 0 Å². The van der Waals surface area contributed by atoms with Crippen molar-refractivity contribution in [3.8, 4) is 23.0 Å². The molecule has 0 radical (unpaired) electrons. The number of para-hydroxylation sites is 1. The minimum atomic E-state index is -0.382. The van der Waals surface area contributed by atoms with Crippen LogP contribution in [0, 0.1) is 0 Å². The van der Waals surface area contributed by atoms with Crippen molar-refractivity contribution in [1.82, 2.24) is 10.2 Å². The molecule has 8 nitrogen and oxygen atoms in total. The van der Waals surface area contributed by atoms with E-state index in [2.05, 4.69) is 5.32 Å². The van der Waals surface area contributed by atoms with Crippen LogP contribution >= 0.6 is 0 Å². The van der Waals surface area contributed by atoms with E-state index in [0.29, 0.717) is 49.8 Å². The Morgan fingerprint density at radius 2 is 1.92 bits per heavy atom. The quantitative estimate of drug-likeness (QED) is 0.549. The molecular formula is C29H30N2O6. The number of carbonyl (C=O) groups excluding carboxylic acids is 2. The van der Waals surface area contributed by atoms with Crippen LogP contribution < -0.4 is 14.8 Å². The smallest absolute Gasteiger partial charge is 0.257 e. The van der Waals surface area contributed by atoms with Crippen molar-refractivity contribution in [2.75, 3.05) is 20.2 Å². The van der Waals surface area contributed by atoms with Crippen LogP contribution in [-0.2, 0) is 22.6 Å². The maximum absolute atomic E-state index is 13.1. The van der Waals surface area contributed by atoms with Crippen LogP contribution in [0.2, 0.25) is 0 Å². The van der Waals surface area contributed by atoms with Crippen molar-refractivity contribution in [1.29, 1.82) is 0 Å². The molecule has 2 heterocycles. The Labute approximate surface area is 215 Å². The molecule has 0 spiro atoms. The van der Waals surface area contributed by atoms with E-state index in [1.54, 1.807) is 30.2 Å². The second-order valence-electron chi connectivity index (χ2n) is 9.32. The summed E-state index contributed by atoms with van der Waals surface area (Å²) in [5, 5.41) is 13.3. The summed E-state index contributed by atoms with van der Waals surface area (Å²) < 4.78 is 17.9. The predicted octanol–water partition coefficient (Wildman–Crippen LogP) is 4.06. The molecule has 0 unspecified atom stereocenters. The number of benzene rings is 3. The van der Waals surface area contributed by atoms with Crippen LogP contribution in [0.5, 0.6) is 23.0 Å². The Kier molecular flexibility index (Phi) is 7.28. The number of hydrogen-bond acceptors (Lipinski definition) is 6. The molecule has 37 heavy (non-hydrogen) atoms. The number of aromatic hydroxyl groups is 1. The molecule has 0 saturated carbocycles. The molecule has 1 fully saturated rings. The first-order valence-corrected chi connectivity index (χ1v) is 12.4. The van der Waals surface area contributed by atoms with Gasteiger partial charge in [0.25, 0.3) is 5.91 Å². The number of nitrogens with one attached hydrogen (secondary N) is 1. The summed E-state index contributed by atoms with van der Waals surface area (Å²) in [6.45, 7) is 1.08. The van der Waals surface area contributed by atoms with Gasteiger partial charge in [-0.3, -0.25) is 9.59 Å². The van der Waals surface area contributed by atoms with Gasteiger partial charge in [0.2, 0.25) is 5.91 Å². The Morgan fingerprint density at radius 1 is 1.05 bits per heavy atom. The molecule has 5 rings (SSSR count). The first-order valence-electron chi connectivity index (χ1n) is 12.4. The van der Waals surface area contributed by atoms with Gasteiger partial charge in [0.05, 0.1) is 31.4 Å². The highest BCUT2D eigenvalue weighted by Gasteiger charge is 2.34. The van der Waals surface area contributed by atoms with Crippen LogP contribution in [0.3, 0.4) is 0 Å². The Bertz CT molecular complexity index is 1290. The lowest BCUT2D eigenvalue weighted by molar-refractivity contribution is -0.124. The number of carbonyl (C=O) groups is 2. The highest BCUT2D eigenvalue weighted by molar-refractivity contribution is 5.97. The zero-order valence-corrected chi connectivity index (χ0v) is 20.7. The molecule has 2 aliphatic heterocycles. The first-order chi connectivity index (χ1) is 18.0. The summed E-state index contributed by atoms with van der Waals surface area (Å²) in [7, 11) is 1.59. The van der Waals surface area contributed by atoms with Crippen molar-refractivity contribution in [3.63, 3.8) is 0 Å². The average Bonchev–Trinajstić information content (AvgIpc) is 2.91. The van der Waals surface area contributed by atoms with Crippen molar-refractivity contribution in [2.45, 2.75) is 38.0 Å². The number of ether oxygens (including phenoxy) is 3. The second kappa shape index (κ2) is 10.9. The molecule has 2 N–H and O–H groups in total. The Hall–Kier alpha value is -4.04. The largest absolute Gasteiger partial charge is 0.507 e. The standard InChI is InChI=1S/C29H30N2O6/c1-35-26-11-9-19-10-12-28(33)30-23-17-31(29(34)22-7-2-3-8-24(22)32)14-13-25(23)36-18-20-5-4-6-21(15-20)37-27(26)16-19/h2-9,11,15-16,23,25,32H,10,12-14,17-18H2,1H3,(H,30,33)/t23-,25+/m0/s1. The lowest BCUT2D eigenvalue weighted by Gasteiger charge is -2.39. The van der Waals surface area contributed by atoms with Gasteiger partial charge >= 0.3 is 0 Å². The molecule has 192 valence electrons. The summed E-state index contributed by atoms with van der Waals surface area (Å²) >= 11 is 0. The number of phenolic OH excluding ortho intramolecular Hbond substituents is 1. The Balaban J connectivity index is 1.39. The van der Waals surface area contributed by atoms with Crippen LogP contribution in [0.4, 0.5) is 0 Å². The topological polar surface area (TPSA) is 97.3 Å². The molecular weight excluding hydrogens is 472 g/mol. The van der Waals surface area contributed by atoms with Crippen LogP contribution in [-0.4, -0.2) is 54.2 Å². The van der Waals surface area contributed by atoms with E-state index >= 15 is 0 Å². The van der Waals surface area contributed by atoms with E-state index in [1.807, 2.05) is 42.5 Å². The molecule has 3 aromatic rings. The predicted molar refractivity (Wildman–Crippen MR) is 137 cm³/mol. The number of methoxy groups -OCH3 is 1. The fraction of sp³-hybridized carbons (Fsp3) is 0.310. The molecule has 8 heteroatoms. The van der Waals surface area contributed by atoms with E-state index in [1.165, 1.54) is 6.07 Å². The summed E-state index contributed by atoms with van der Waals surface area (Å²) in [5.41, 5.74) is 2.13. The highest BCUT2D eigenvalue weighted by atomic mass is 16.5. The number of amides is 2. The van der Waals surface area contributed by atoms with Crippen LogP contribution in [0.15, 0.2) is 66.7 Å². The van der Waals surface area contributed by atoms with Gasteiger partial charge in [0.15, 0.2) is 11.5 Å². The maximum atomic E-state index is 13.1. The molecule has 1 saturated heterocycles. The van der Waals surface area contributed by atoms with Gasteiger partial charge in [0.1, 0.15) is 11.5 Å². The van der Waals surface area contributed by atoms with E-state index in [4.69, 9.17) is 14.2 Å². The number of phenols is 1. The number of aryl methyl sites for hydroxylation is 1. The van der Waals surface area contributed by atoms with Crippen molar-refractivity contribution >= 4 is 11.8 Å². The molecule has 2 amide bonds. The SMILES string of the molecule is COc1ccc2cc1Oc1cccc(c1)CO[C@@H]1CCN(C(=O)c3ccccc3O)C[C@@H]1NC(=O)CC2. The van der Waals surface area contributed by atoms with Gasteiger partial charge in [-0.15, -0.1) is 0 Å². The maximum Gasteiger partial charge on any atom is 0.257 e. The number of nitrogens with zero attached hydrogens (tertiary/aromatic N) is 1. The first kappa shape index (κ1) is 24.6. The number of piperidine rings is 1. The molecule has 0 aliphatic carbocycles. The second-order valence-corrected chi connectivity index (χ2v) is 9.32. The molecule has 3 aromatic carbocycles. The highest BCUT2D eigenvalue weighted by Crippen LogP contribution is 2.33. The lowest BCUT2D eigenvalue weighted by atomic mass is 9.99. The van der Waals surface area contributed by atoms with Gasteiger partial charge in [-0.05, 0) is 60.4 Å². The Morgan fingerprint density at radius 3 is 2.76 bits per heavy atom.